The summed E-state index contributed by atoms with van der Waals surface area (Å²) in [5, 5.41) is 9.70. The van der Waals surface area contributed by atoms with Gasteiger partial charge in [-0.2, -0.15) is 0 Å². The van der Waals surface area contributed by atoms with E-state index in [0.717, 1.165) is 25.7 Å². The highest BCUT2D eigenvalue weighted by molar-refractivity contribution is 5.79. The number of carbonyl (C=O) groups excluding carboxylic acids is 1. The van der Waals surface area contributed by atoms with Crippen molar-refractivity contribution >= 4 is 5.78 Å². The first-order chi connectivity index (χ1) is 10.2. The highest BCUT2D eigenvalue weighted by Gasteiger charge is 2.46. The van der Waals surface area contributed by atoms with Crippen molar-refractivity contribution in [1.82, 2.24) is 0 Å². The standard InChI is InChI=1S/C18H28O3/c1-3-13(19)7-5-6-8-15-16(10-9-14(20)4-2)18-12-11-17(15)21-18/h5-6,9-10,14-18,20H,3-4,7-8,11-12H2,1-2H3/t14?,15-,16+,17-,18+/m1/s1. The van der Waals surface area contributed by atoms with Crippen molar-refractivity contribution in [2.45, 2.75) is 70.7 Å². The maximum atomic E-state index is 11.3. The van der Waals surface area contributed by atoms with E-state index in [0.29, 0.717) is 36.9 Å². The second-order valence-electron chi connectivity index (χ2n) is 6.20. The molecule has 0 spiro atoms. The van der Waals surface area contributed by atoms with E-state index in [1.165, 1.54) is 0 Å². The molecule has 0 amide bonds. The van der Waals surface area contributed by atoms with Gasteiger partial charge < -0.3 is 9.84 Å². The number of carbonyl (C=O) groups is 1. The van der Waals surface area contributed by atoms with E-state index in [4.69, 9.17) is 4.74 Å². The van der Waals surface area contributed by atoms with Gasteiger partial charge in [0.05, 0.1) is 18.3 Å². The number of hydrogen-bond donors (Lipinski definition) is 1. The fourth-order valence-electron chi connectivity index (χ4n) is 3.39. The Hall–Kier alpha value is -0.930. The number of ether oxygens (including phenoxy) is 1. The first-order valence-corrected chi connectivity index (χ1v) is 8.34. The number of fused-ring (bicyclic) bond motifs is 2. The van der Waals surface area contributed by atoms with Crippen molar-refractivity contribution in [1.29, 1.82) is 0 Å². The molecule has 2 aliphatic heterocycles. The molecule has 2 bridgehead atoms. The van der Waals surface area contributed by atoms with Crippen molar-refractivity contribution in [3.8, 4) is 0 Å². The maximum Gasteiger partial charge on any atom is 0.136 e. The lowest BCUT2D eigenvalue weighted by Crippen LogP contribution is -2.25. The third-order valence-electron chi connectivity index (χ3n) is 4.78. The van der Waals surface area contributed by atoms with Gasteiger partial charge in [0.15, 0.2) is 0 Å². The molecule has 0 aromatic heterocycles. The lowest BCUT2D eigenvalue weighted by molar-refractivity contribution is -0.117. The maximum absolute atomic E-state index is 11.3. The van der Waals surface area contributed by atoms with Gasteiger partial charge in [-0.3, -0.25) is 4.79 Å². The molecule has 1 N–H and O–H groups in total. The Balaban J connectivity index is 1.90. The van der Waals surface area contributed by atoms with Gasteiger partial charge in [-0.05, 0) is 31.6 Å². The summed E-state index contributed by atoms with van der Waals surface area (Å²) in [6.07, 6.45) is 13.7. The lowest BCUT2D eigenvalue weighted by Gasteiger charge is -2.24. The molecule has 1 unspecified atom stereocenters. The number of rotatable bonds is 8. The zero-order valence-electron chi connectivity index (χ0n) is 13.2. The average molecular weight is 292 g/mol. The van der Waals surface area contributed by atoms with E-state index in [2.05, 4.69) is 12.2 Å². The average Bonchev–Trinajstić information content (AvgIpc) is 3.10. The normalized spacial score (nSPS) is 33.3. The van der Waals surface area contributed by atoms with Crippen molar-refractivity contribution in [3.05, 3.63) is 24.3 Å². The van der Waals surface area contributed by atoms with Crippen LogP contribution in [-0.4, -0.2) is 29.2 Å². The van der Waals surface area contributed by atoms with Crippen LogP contribution >= 0.6 is 0 Å². The summed E-state index contributed by atoms with van der Waals surface area (Å²) < 4.78 is 6.03. The molecule has 0 aromatic carbocycles. The predicted molar refractivity (Wildman–Crippen MR) is 84.0 cm³/mol. The zero-order valence-corrected chi connectivity index (χ0v) is 13.2. The highest BCUT2D eigenvalue weighted by Crippen LogP contribution is 2.45. The molecular weight excluding hydrogens is 264 g/mol. The van der Waals surface area contributed by atoms with Crippen LogP contribution in [0.25, 0.3) is 0 Å². The molecule has 3 heteroatoms. The summed E-state index contributed by atoms with van der Waals surface area (Å²) in [5.41, 5.74) is 0. The van der Waals surface area contributed by atoms with Crippen LogP contribution in [0.3, 0.4) is 0 Å². The third kappa shape index (κ3) is 4.27. The fraction of sp³-hybridized carbons (Fsp3) is 0.722. The topological polar surface area (TPSA) is 46.5 Å². The Morgan fingerprint density at radius 1 is 1.29 bits per heavy atom. The zero-order chi connectivity index (χ0) is 15.2. The summed E-state index contributed by atoms with van der Waals surface area (Å²) in [5.74, 6) is 1.20. The summed E-state index contributed by atoms with van der Waals surface area (Å²) in [6.45, 7) is 3.89. The van der Waals surface area contributed by atoms with Crippen LogP contribution in [0.5, 0.6) is 0 Å². The van der Waals surface area contributed by atoms with Gasteiger partial charge in [0.25, 0.3) is 0 Å². The third-order valence-corrected chi connectivity index (χ3v) is 4.78. The molecule has 2 saturated heterocycles. The van der Waals surface area contributed by atoms with E-state index >= 15 is 0 Å². The Morgan fingerprint density at radius 2 is 2.05 bits per heavy atom. The molecule has 2 heterocycles. The van der Waals surface area contributed by atoms with Gasteiger partial charge in [0, 0.05) is 18.8 Å². The van der Waals surface area contributed by atoms with Crippen LogP contribution in [0.15, 0.2) is 24.3 Å². The quantitative estimate of drug-likeness (QED) is 0.697. The van der Waals surface area contributed by atoms with Crippen LogP contribution in [-0.2, 0) is 9.53 Å². The van der Waals surface area contributed by atoms with Crippen LogP contribution < -0.4 is 0 Å². The molecule has 2 fully saturated rings. The number of allylic oxidation sites excluding steroid dienone is 2. The van der Waals surface area contributed by atoms with Gasteiger partial charge in [-0.25, -0.2) is 0 Å². The Labute approximate surface area is 128 Å². The largest absolute Gasteiger partial charge is 0.389 e. The van der Waals surface area contributed by atoms with Gasteiger partial charge in [-0.15, -0.1) is 0 Å². The highest BCUT2D eigenvalue weighted by atomic mass is 16.5. The van der Waals surface area contributed by atoms with Crippen molar-refractivity contribution < 1.29 is 14.6 Å². The van der Waals surface area contributed by atoms with Crippen LogP contribution in [0.4, 0.5) is 0 Å². The van der Waals surface area contributed by atoms with E-state index in [-0.39, 0.29) is 11.9 Å². The Morgan fingerprint density at radius 3 is 2.76 bits per heavy atom. The summed E-state index contributed by atoms with van der Waals surface area (Å²) >= 11 is 0. The van der Waals surface area contributed by atoms with Gasteiger partial charge >= 0.3 is 0 Å². The van der Waals surface area contributed by atoms with E-state index < -0.39 is 0 Å². The molecule has 0 radical (unpaired) electrons. The van der Waals surface area contributed by atoms with Crippen LogP contribution in [0.1, 0.15) is 52.4 Å². The van der Waals surface area contributed by atoms with Gasteiger partial charge in [-0.1, -0.05) is 38.2 Å². The molecular formula is C18H28O3. The summed E-state index contributed by atoms with van der Waals surface area (Å²) in [6, 6.07) is 0. The molecule has 0 aromatic rings. The first-order valence-electron chi connectivity index (χ1n) is 8.34. The minimum Gasteiger partial charge on any atom is -0.389 e. The van der Waals surface area contributed by atoms with Gasteiger partial charge in [0.1, 0.15) is 5.78 Å². The number of hydrogen-bond acceptors (Lipinski definition) is 3. The Kier molecular flexibility index (Phi) is 6.19. The van der Waals surface area contributed by atoms with E-state index in [1.54, 1.807) is 0 Å². The fourth-order valence-corrected chi connectivity index (χ4v) is 3.39. The van der Waals surface area contributed by atoms with Gasteiger partial charge in [0.2, 0.25) is 0 Å². The lowest BCUT2D eigenvalue weighted by atomic mass is 9.77. The summed E-state index contributed by atoms with van der Waals surface area (Å²) in [7, 11) is 0. The SMILES string of the molecule is CCC(=O)CC=CC[C@@H]1[C@H](C=CC(O)CC)[C@@H]2CC[C@H]1O2. The molecule has 118 valence electrons. The minimum absolute atomic E-state index is 0.290. The number of aliphatic hydroxyl groups is 1. The van der Waals surface area contributed by atoms with E-state index in [1.807, 2.05) is 26.0 Å². The number of ketones is 1. The van der Waals surface area contributed by atoms with Crippen LogP contribution in [0.2, 0.25) is 0 Å². The number of aliphatic hydroxyl groups excluding tert-OH is 1. The molecule has 21 heavy (non-hydrogen) atoms. The first kappa shape index (κ1) is 16.4. The summed E-state index contributed by atoms with van der Waals surface area (Å²) in [4.78, 5) is 11.3. The van der Waals surface area contributed by atoms with E-state index in [9.17, 15) is 9.90 Å². The molecule has 2 aliphatic rings. The smallest absolute Gasteiger partial charge is 0.136 e. The molecule has 0 saturated carbocycles. The van der Waals surface area contributed by atoms with Crippen molar-refractivity contribution in [3.63, 3.8) is 0 Å². The molecule has 2 rings (SSSR count). The van der Waals surface area contributed by atoms with Crippen molar-refractivity contribution in [2.75, 3.05) is 0 Å². The second kappa shape index (κ2) is 7.90. The molecule has 5 atom stereocenters. The Bertz CT molecular complexity index is 399. The molecule has 0 aliphatic carbocycles. The number of Topliss-reactive ketones (excluding diaryl/α,β-unsaturated/α-hetero) is 1. The predicted octanol–water partition coefficient (Wildman–Crippen LogP) is 3.42. The van der Waals surface area contributed by atoms with Crippen LogP contribution in [0, 0.1) is 11.8 Å². The minimum atomic E-state index is -0.345. The second-order valence-corrected chi connectivity index (χ2v) is 6.20. The van der Waals surface area contributed by atoms with Crippen molar-refractivity contribution in [2.24, 2.45) is 11.8 Å². The molecule has 3 nitrogen and oxygen atoms in total. The monoisotopic (exact) mass is 292 g/mol.